The van der Waals surface area contributed by atoms with Gasteiger partial charge in [-0.2, -0.15) is 17.9 Å². The molecule has 0 aliphatic heterocycles. The second-order valence-corrected chi connectivity index (χ2v) is 7.06. The largest absolute Gasteiger partial charge is 0.416 e. The molecule has 0 amide bonds. The Kier molecular flexibility index (Phi) is 5.52. The lowest BCUT2D eigenvalue weighted by Gasteiger charge is -2.17. The van der Waals surface area contributed by atoms with E-state index in [4.69, 9.17) is 0 Å². The maximum absolute atomic E-state index is 13.1. The molecule has 0 fully saturated rings. The molecule has 0 saturated carbocycles. The van der Waals surface area contributed by atoms with Gasteiger partial charge in [-0.25, -0.2) is 0 Å². The molecule has 27 heavy (non-hydrogen) atoms. The number of aliphatic hydroxyl groups excluding tert-OH is 1. The van der Waals surface area contributed by atoms with Gasteiger partial charge in [-0.3, -0.25) is 0 Å². The van der Waals surface area contributed by atoms with E-state index in [0.717, 1.165) is 34.6 Å². The molecular weight excluding hydrogens is 377 g/mol. The lowest BCUT2D eigenvalue weighted by atomic mass is 10.0. The number of tetrazole rings is 1. The van der Waals surface area contributed by atoms with Gasteiger partial charge in [0, 0.05) is 5.75 Å². The standard InChI is InChI=1S/C18H17F3N4OS/c1-11-7-8-15(12(2)9-11)25-17(22-23-24-25)27-10-16(26)13-5-3-4-6-14(13)18(19,20)21/h3-9,16,26H,10H2,1-2H3/t16-/m1/s1. The number of hydrogen-bond donors (Lipinski definition) is 1. The summed E-state index contributed by atoms with van der Waals surface area (Å²) in [6.07, 6.45) is -5.83. The number of halogens is 3. The molecule has 1 atom stereocenters. The summed E-state index contributed by atoms with van der Waals surface area (Å²) >= 11 is 1.09. The summed E-state index contributed by atoms with van der Waals surface area (Å²) < 4.78 is 40.9. The van der Waals surface area contributed by atoms with Crippen molar-refractivity contribution in [1.82, 2.24) is 20.2 Å². The lowest BCUT2D eigenvalue weighted by Crippen LogP contribution is -2.13. The predicted molar refractivity (Wildman–Crippen MR) is 95.8 cm³/mol. The van der Waals surface area contributed by atoms with Crippen LogP contribution in [0.4, 0.5) is 13.2 Å². The third-order valence-electron chi connectivity index (χ3n) is 4.02. The first kappa shape index (κ1) is 19.4. The zero-order valence-corrected chi connectivity index (χ0v) is 15.4. The van der Waals surface area contributed by atoms with Crippen LogP contribution in [0.1, 0.15) is 28.4 Å². The fourth-order valence-electron chi connectivity index (χ4n) is 2.75. The van der Waals surface area contributed by atoms with Crippen LogP contribution in [0.5, 0.6) is 0 Å². The number of aryl methyl sites for hydroxylation is 2. The van der Waals surface area contributed by atoms with E-state index in [1.165, 1.54) is 22.9 Å². The maximum Gasteiger partial charge on any atom is 0.416 e. The van der Waals surface area contributed by atoms with Gasteiger partial charge in [-0.1, -0.05) is 47.7 Å². The van der Waals surface area contributed by atoms with Gasteiger partial charge in [-0.15, -0.1) is 5.10 Å². The van der Waals surface area contributed by atoms with Gasteiger partial charge in [0.05, 0.1) is 17.4 Å². The molecule has 3 aromatic rings. The first-order chi connectivity index (χ1) is 12.8. The van der Waals surface area contributed by atoms with Gasteiger partial charge in [0.1, 0.15) is 0 Å². The van der Waals surface area contributed by atoms with Crippen LogP contribution in [0.15, 0.2) is 47.6 Å². The van der Waals surface area contributed by atoms with E-state index in [-0.39, 0.29) is 11.3 Å². The molecule has 1 aromatic heterocycles. The van der Waals surface area contributed by atoms with Crippen molar-refractivity contribution in [1.29, 1.82) is 0 Å². The Morgan fingerprint density at radius 1 is 1.15 bits per heavy atom. The van der Waals surface area contributed by atoms with E-state index in [1.54, 1.807) is 0 Å². The van der Waals surface area contributed by atoms with Gasteiger partial charge < -0.3 is 5.11 Å². The molecule has 0 radical (unpaired) electrons. The lowest BCUT2D eigenvalue weighted by molar-refractivity contribution is -0.139. The topological polar surface area (TPSA) is 63.8 Å². The Hall–Kier alpha value is -2.39. The molecule has 0 unspecified atom stereocenters. The number of aliphatic hydroxyl groups is 1. The van der Waals surface area contributed by atoms with Crippen LogP contribution in [0.2, 0.25) is 0 Å². The number of benzene rings is 2. The second-order valence-electron chi connectivity index (χ2n) is 6.08. The van der Waals surface area contributed by atoms with Gasteiger partial charge in [-0.05, 0) is 47.5 Å². The van der Waals surface area contributed by atoms with Crippen molar-refractivity contribution < 1.29 is 18.3 Å². The van der Waals surface area contributed by atoms with Gasteiger partial charge in [0.15, 0.2) is 0 Å². The number of alkyl halides is 3. The van der Waals surface area contributed by atoms with E-state index >= 15 is 0 Å². The number of thioether (sulfide) groups is 1. The van der Waals surface area contributed by atoms with Crippen LogP contribution in [0.3, 0.4) is 0 Å². The minimum Gasteiger partial charge on any atom is -0.388 e. The summed E-state index contributed by atoms with van der Waals surface area (Å²) in [5.41, 5.74) is 1.83. The van der Waals surface area contributed by atoms with Crippen LogP contribution in [0.25, 0.3) is 5.69 Å². The van der Waals surface area contributed by atoms with Crippen LogP contribution in [-0.2, 0) is 6.18 Å². The molecule has 0 aliphatic rings. The number of rotatable bonds is 5. The zero-order chi connectivity index (χ0) is 19.6. The summed E-state index contributed by atoms with van der Waals surface area (Å²) in [7, 11) is 0. The minimum absolute atomic E-state index is 0.0155. The fraction of sp³-hybridized carbons (Fsp3) is 0.278. The van der Waals surface area contributed by atoms with E-state index in [0.29, 0.717) is 5.16 Å². The maximum atomic E-state index is 13.1. The van der Waals surface area contributed by atoms with E-state index in [2.05, 4.69) is 15.5 Å². The van der Waals surface area contributed by atoms with Crippen molar-refractivity contribution in [3.05, 3.63) is 64.7 Å². The molecule has 0 saturated heterocycles. The summed E-state index contributed by atoms with van der Waals surface area (Å²) in [6, 6.07) is 10.8. The van der Waals surface area contributed by atoms with Crippen molar-refractivity contribution in [3.63, 3.8) is 0 Å². The molecule has 5 nitrogen and oxygen atoms in total. The monoisotopic (exact) mass is 394 g/mol. The Labute approximate surface area is 158 Å². The highest BCUT2D eigenvalue weighted by atomic mass is 32.2. The van der Waals surface area contributed by atoms with Crippen LogP contribution in [-0.4, -0.2) is 31.1 Å². The van der Waals surface area contributed by atoms with E-state index in [9.17, 15) is 18.3 Å². The SMILES string of the molecule is Cc1ccc(-n2nnnc2SC[C@@H](O)c2ccccc2C(F)(F)F)c(C)c1. The predicted octanol–water partition coefficient (Wildman–Crippen LogP) is 4.12. The van der Waals surface area contributed by atoms with Crippen molar-refractivity contribution in [2.75, 3.05) is 5.75 Å². The highest BCUT2D eigenvalue weighted by Gasteiger charge is 2.34. The summed E-state index contributed by atoms with van der Waals surface area (Å²) in [4.78, 5) is 0. The summed E-state index contributed by atoms with van der Waals surface area (Å²) in [6.45, 7) is 3.90. The van der Waals surface area contributed by atoms with Crippen LogP contribution < -0.4 is 0 Å². The Morgan fingerprint density at radius 3 is 2.59 bits per heavy atom. The molecular formula is C18H17F3N4OS. The normalized spacial score (nSPS) is 13.0. The fourth-order valence-corrected chi connectivity index (χ4v) is 3.59. The molecule has 1 heterocycles. The molecule has 0 bridgehead atoms. The molecule has 0 spiro atoms. The van der Waals surface area contributed by atoms with Crippen LogP contribution in [0, 0.1) is 13.8 Å². The highest BCUT2D eigenvalue weighted by molar-refractivity contribution is 7.99. The summed E-state index contributed by atoms with van der Waals surface area (Å²) in [5, 5.41) is 22.2. The number of aromatic nitrogens is 4. The van der Waals surface area contributed by atoms with Crippen molar-refractivity contribution >= 4 is 11.8 Å². The Balaban J connectivity index is 1.80. The van der Waals surface area contributed by atoms with E-state index < -0.39 is 17.8 Å². The molecule has 0 aliphatic carbocycles. The molecule has 1 N–H and O–H groups in total. The van der Waals surface area contributed by atoms with Crippen molar-refractivity contribution in [3.8, 4) is 5.69 Å². The first-order valence-corrected chi connectivity index (χ1v) is 9.09. The zero-order valence-electron chi connectivity index (χ0n) is 14.6. The molecule has 142 valence electrons. The minimum atomic E-state index is -4.52. The third-order valence-corrected chi connectivity index (χ3v) is 5.01. The van der Waals surface area contributed by atoms with Crippen LogP contribution >= 0.6 is 11.8 Å². The Bertz CT molecular complexity index is 942. The third kappa shape index (κ3) is 4.30. The van der Waals surface area contributed by atoms with Gasteiger partial charge in [0.25, 0.3) is 0 Å². The quantitative estimate of drug-likeness (QED) is 0.660. The second kappa shape index (κ2) is 7.69. The molecule has 9 heteroatoms. The number of nitrogens with zero attached hydrogens (tertiary/aromatic N) is 4. The average Bonchev–Trinajstić information content (AvgIpc) is 3.07. The average molecular weight is 394 g/mol. The molecule has 2 aromatic carbocycles. The Morgan fingerprint density at radius 2 is 1.89 bits per heavy atom. The number of hydrogen-bond acceptors (Lipinski definition) is 5. The van der Waals surface area contributed by atoms with Gasteiger partial charge in [0.2, 0.25) is 5.16 Å². The highest BCUT2D eigenvalue weighted by Crippen LogP contribution is 2.36. The molecule has 3 rings (SSSR count). The van der Waals surface area contributed by atoms with Crippen molar-refractivity contribution in [2.24, 2.45) is 0 Å². The first-order valence-electron chi connectivity index (χ1n) is 8.10. The van der Waals surface area contributed by atoms with Gasteiger partial charge >= 0.3 is 6.18 Å². The van der Waals surface area contributed by atoms with Crippen molar-refractivity contribution in [2.45, 2.75) is 31.3 Å². The smallest absolute Gasteiger partial charge is 0.388 e. The summed E-state index contributed by atoms with van der Waals surface area (Å²) in [5.74, 6) is -0.0155. The van der Waals surface area contributed by atoms with E-state index in [1.807, 2.05) is 32.0 Å².